The number of rotatable bonds is 3. The zero-order valence-electron chi connectivity index (χ0n) is 15.9. The number of aromatic nitrogens is 2. The van der Waals surface area contributed by atoms with Crippen LogP contribution in [-0.4, -0.2) is 66.1 Å². The van der Waals surface area contributed by atoms with Crippen molar-refractivity contribution in [3.05, 3.63) is 36.2 Å². The van der Waals surface area contributed by atoms with Crippen molar-refractivity contribution in [3.63, 3.8) is 0 Å². The van der Waals surface area contributed by atoms with Crippen LogP contribution in [0.25, 0.3) is 0 Å². The van der Waals surface area contributed by atoms with Crippen molar-refractivity contribution in [2.24, 2.45) is 0 Å². The fraction of sp³-hybridized carbons (Fsp3) is 0.450. The minimum Gasteiger partial charge on any atom is -0.486 e. The van der Waals surface area contributed by atoms with Gasteiger partial charge in [0.25, 0.3) is 5.91 Å². The van der Waals surface area contributed by atoms with Gasteiger partial charge in [-0.1, -0.05) is 0 Å². The molecule has 3 aliphatic heterocycles. The molecule has 0 atom stereocenters. The maximum absolute atomic E-state index is 12.7. The van der Waals surface area contributed by atoms with Crippen LogP contribution in [0, 0.1) is 0 Å². The second-order valence-corrected chi connectivity index (χ2v) is 7.18. The molecule has 3 aliphatic rings. The Kier molecular flexibility index (Phi) is 4.69. The summed E-state index contributed by atoms with van der Waals surface area (Å²) in [7, 11) is 0. The number of anilines is 2. The van der Waals surface area contributed by atoms with Gasteiger partial charge >= 0.3 is 0 Å². The molecular formula is C20H22N4O5. The highest BCUT2D eigenvalue weighted by Gasteiger charge is 2.40. The number of ether oxygens (including phenoxy) is 4. The van der Waals surface area contributed by atoms with Gasteiger partial charge in [0.05, 0.1) is 18.8 Å². The van der Waals surface area contributed by atoms with Crippen LogP contribution in [0.15, 0.2) is 30.6 Å². The normalized spacial score (nSPS) is 19.9. The summed E-state index contributed by atoms with van der Waals surface area (Å²) in [6.45, 7) is 3.52. The third-order valence-electron chi connectivity index (χ3n) is 5.32. The lowest BCUT2D eigenvalue weighted by molar-refractivity contribution is -0.181. The van der Waals surface area contributed by atoms with E-state index < -0.39 is 5.79 Å². The molecule has 1 N–H and O–H groups in total. The zero-order chi connectivity index (χ0) is 19.7. The number of hydrogen-bond donors (Lipinski definition) is 1. The molecule has 0 bridgehead atoms. The molecule has 0 aliphatic carbocycles. The Morgan fingerprint density at radius 3 is 2.38 bits per heavy atom. The first-order valence-corrected chi connectivity index (χ1v) is 9.77. The number of likely N-dealkylation sites (tertiary alicyclic amines) is 1. The molecule has 1 aromatic carbocycles. The first-order valence-electron chi connectivity index (χ1n) is 9.77. The van der Waals surface area contributed by atoms with Gasteiger partial charge in [0.1, 0.15) is 13.2 Å². The first kappa shape index (κ1) is 18.1. The summed E-state index contributed by atoms with van der Waals surface area (Å²) >= 11 is 0. The summed E-state index contributed by atoms with van der Waals surface area (Å²) in [6.07, 6.45) is 4.46. The van der Waals surface area contributed by atoms with Gasteiger partial charge < -0.3 is 29.2 Å². The van der Waals surface area contributed by atoms with Crippen molar-refractivity contribution in [2.45, 2.75) is 18.6 Å². The molecule has 152 valence electrons. The van der Waals surface area contributed by atoms with E-state index >= 15 is 0 Å². The van der Waals surface area contributed by atoms with E-state index in [-0.39, 0.29) is 5.91 Å². The van der Waals surface area contributed by atoms with Crippen molar-refractivity contribution in [3.8, 4) is 11.5 Å². The van der Waals surface area contributed by atoms with Crippen LogP contribution in [-0.2, 0) is 9.47 Å². The first-order chi connectivity index (χ1) is 14.2. The number of hydrogen-bond acceptors (Lipinski definition) is 8. The highest BCUT2D eigenvalue weighted by Crippen LogP contribution is 2.33. The average Bonchev–Trinajstić information content (AvgIpc) is 3.22. The number of carbonyl (C=O) groups is 1. The number of amides is 1. The van der Waals surface area contributed by atoms with Crippen molar-refractivity contribution in [1.29, 1.82) is 0 Å². The zero-order valence-corrected chi connectivity index (χ0v) is 15.9. The lowest BCUT2D eigenvalue weighted by atomic mass is 10.0. The molecule has 9 heteroatoms. The van der Waals surface area contributed by atoms with Crippen LogP contribution in [0.1, 0.15) is 23.2 Å². The quantitative estimate of drug-likeness (QED) is 0.839. The minimum atomic E-state index is -0.495. The molecule has 0 radical (unpaired) electrons. The molecular weight excluding hydrogens is 376 g/mol. The SMILES string of the molecule is O=C(c1cnc(Nc2ccc3c(c2)OCCO3)nc1)N1CCC2(CC1)OCCO2. The van der Waals surface area contributed by atoms with Gasteiger partial charge in [-0.15, -0.1) is 0 Å². The number of benzene rings is 1. The van der Waals surface area contributed by atoms with Crippen molar-refractivity contribution >= 4 is 17.5 Å². The van der Waals surface area contributed by atoms with E-state index in [0.29, 0.717) is 69.6 Å². The van der Waals surface area contributed by atoms with Crippen LogP contribution >= 0.6 is 0 Å². The monoisotopic (exact) mass is 398 g/mol. The summed E-state index contributed by atoms with van der Waals surface area (Å²) in [4.78, 5) is 23.1. The van der Waals surface area contributed by atoms with Crippen molar-refractivity contribution in [1.82, 2.24) is 14.9 Å². The maximum atomic E-state index is 12.7. The topological polar surface area (TPSA) is 95.0 Å². The molecule has 4 heterocycles. The second kappa shape index (κ2) is 7.49. The summed E-state index contributed by atoms with van der Waals surface area (Å²) < 4.78 is 22.5. The largest absolute Gasteiger partial charge is 0.486 e. The van der Waals surface area contributed by atoms with Crippen LogP contribution in [0.5, 0.6) is 11.5 Å². The number of nitrogens with zero attached hydrogens (tertiary/aromatic N) is 3. The van der Waals surface area contributed by atoms with Crippen LogP contribution in [0.3, 0.4) is 0 Å². The molecule has 1 amide bonds. The fourth-order valence-electron chi connectivity index (χ4n) is 3.77. The molecule has 1 spiro atoms. The van der Waals surface area contributed by atoms with E-state index in [9.17, 15) is 4.79 Å². The van der Waals surface area contributed by atoms with Gasteiger partial charge in [-0.3, -0.25) is 4.79 Å². The van der Waals surface area contributed by atoms with E-state index in [1.54, 1.807) is 17.3 Å². The lowest BCUT2D eigenvalue weighted by Crippen LogP contribution is -2.47. The minimum absolute atomic E-state index is 0.0799. The smallest absolute Gasteiger partial charge is 0.256 e. The summed E-state index contributed by atoms with van der Waals surface area (Å²) in [6, 6.07) is 5.55. The average molecular weight is 398 g/mol. The van der Waals surface area contributed by atoms with E-state index in [2.05, 4.69) is 15.3 Å². The molecule has 0 unspecified atom stereocenters. The molecule has 0 saturated carbocycles. The number of fused-ring (bicyclic) bond motifs is 1. The number of carbonyl (C=O) groups excluding carboxylic acids is 1. The Hall–Kier alpha value is -2.91. The predicted octanol–water partition coefficient (Wildman–Crippen LogP) is 1.97. The molecule has 1 aromatic heterocycles. The van der Waals surface area contributed by atoms with Gasteiger partial charge in [0, 0.05) is 50.1 Å². The van der Waals surface area contributed by atoms with Crippen molar-refractivity contribution < 1.29 is 23.7 Å². The van der Waals surface area contributed by atoms with Crippen LogP contribution in [0.4, 0.5) is 11.6 Å². The Morgan fingerprint density at radius 2 is 1.66 bits per heavy atom. The van der Waals surface area contributed by atoms with E-state index in [1.807, 2.05) is 18.2 Å². The van der Waals surface area contributed by atoms with Gasteiger partial charge in [-0.25, -0.2) is 9.97 Å². The van der Waals surface area contributed by atoms with E-state index in [4.69, 9.17) is 18.9 Å². The molecule has 29 heavy (non-hydrogen) atoms. The third kappa shape index (κ3) is 3.70. The standard InChI is InChI=1S/C20H22N4O5/c25-18(24-5-3-20(4-6-24)28-9-10-29-20)14-12-21-19(22-13-14)23-15-1-2-16-17(11-15)27-8-7-26-16/h1-2,11-13H,3-10H2,(H,21,22,23). The van der Waals surface area contributed by atoms with Gasteiger partial charge in [-0.05, 0) is 12.1 Å². The molecule has 2 aromatic rings. The van der Waals surface area contributed by atoms with Gasteiger partial charge in [0.2, 0.25) is 5.95 Å². The van der Waals surface area contributed by atoms with E-state index in [0.717, 1.165) is 11.4 Å². The Balaban J connectivity index is 1.21. The highest BCUT2D eigenvalue weighted by molar-refractivity contribution is 5.93. The second-order valence-electron chi connectivity index (χ2n) is 7.18. The number of piperidine rings is 1. The predicted molar refractivity (Wildman–Crippen MR) is 103 cm³/mol. The maximum Gasteiger partial charge on any atom is 0.256 e. The Labute approximate surface area is 167 Å². The summed E-state index contributed by atoms with van der Waals surface area (Å²) in [5.41, 5.74) is 1.24. The third-order valence-corrected chi connectivity index (χ3v) is 5.32. The molecule has 2 fully saturated rings. The Bertz CT molecular complexity index is 888. The van der Waals surface area contributed by atoms with Gasteiger partial charge in [-0.2, -0.15) is 0 Å². The molecule has 9 nitrogen and oxygen atoms in total. The van der Waals surface area contributed by atoms with Crippen LogP contribution in [0.2, 0.25) is 0 Å². The Morgan fingerprint density at radius 1 is 0.966 bits per heavy atom. The molecule has 5 rings (SSSR count). The van der Waals surface area contributed by atoms with Crippen LogP contribution < -0.4 is 14.8 Å². The summed E-state index contributed by atoms with van der Waals surface area (Å²) in [5.74, 6) is 1.24. The molecule has 2 saturated heterocycles. The van der Waals surface area contributed by atoms with Gasteiger partial charge in [0.15, 0.2) is 17.3 Å². The highest BCUT2D eigenvalue weighted by atomic mass is 16.7. The fourth-order valence-corrected chi connectivity index (χ4v) is 3.77. The number of nitrogens with one attached hydrogen (secondary N) is 1. The lowest BCUT2D eigenvalue weighted by Gasteiger charge is -2.37. The van der Waals surface area contributed by atoms with Crippen molar-refractivity contribution in [2.75, 3.05) is 44.8 Å². The van der Waals surface area contributed by atoms with E-state index in [1.165, 1.54) is 0 Å². The summed E-state index contributed by atoms with van der Waals surface area (Å²) in [5, 5.41) is 3.12.